The monoisotopic (exact) mass is 294 g/mol. The molecule has 1 aromatic carbocycles. The van der Waals surface area contributed by atoms with E-state index >= 15 is 0 Å². The molecule has 1 aliphatic carbocycles. The van der Waals surface area contributed by atoms with Crippen molar-refractivity contribution in [1.82, 2.24) is 0 Å². The molecule has 7 heteroatoms. The number of benzene rings is 1. The van der Waals surface area contributed by atoms with Gasteiger partial charge in [-0.05, 0) is 36.8 Å². The Morgan fingerprint density at radius 3 is 2.86 bits per heavy atom. The van der Waals surface area contributed by atoms with E-state index in [0.717, 1.165) is 25.3 Å². The van der Waals surface area contributed by atoms with E-state index in [1.807, 2.05) is 0 Å². The lowest BCUT2D eigenvalue weighted by Crippen LogP contribution is -2.40. The highest BCUT2D eigenvalue weighted by atomic mass is 19.1. The molecule has 3 atom stereocenters. The smallest absolute Gasteiger partial charge is 0.327 e. The first-order chi connectivity index (χ1) is 10.0. The highest BCUT2D eigenvalue weighted by Gasteiger charge is 2.49. The number of nitrogens with zero attached hydrogens (tertiary/aromatic N) is 2. The van der Waals surface area contributed by atoms with Gasteiger partial charge in [0.1, 0.15) is 11.7 Å². The summed E-state index contributed by atoms with van der Waals surface area (Å²) < 4.78 is 13.8. The Morgan fingerprint density at radius 1 is 1.43 bits per heavy atom. The molecule has 1 aromatic rings. The van der Waals surface area contributed by atoms with Gasteiger partial charge in [0.15, 0.2) is 0 Å². The van der Waals surface area contributed by atoms with Crippen molar-refractivity contribution in [2.75, 3.05) is 11.4 Å². The summed E-state index contributed by atoms with van der Waals surface area (Å²) in [6.07, 6.45) is 2.72. The molecule has 112 valence electrons. The third kappa shape index (κ3) is 2.12. The molecule has 0 spiro atoms. The first-order valence-electron chi connectivity index (χ1n) is 6.93. The first kappa shape index (κ1) is 13.8. The van der Waals surface area contributed by atoms with Crippen LogP contribution < -0.4 is 4.90 Å². The predicted molar refractivity (Wildman–Crippen MR) is 72.7 cm³/mol. The number of carboxylic acids is 1. The normalized spacial score (nSPS) is 27.7. The highest BCUT2D eigenvalue weighted by Crippen LogP contribution is 2.46. The molecule has 1 saturated carbocycles. The van der Waals surface area contributed by atoms with Gasteiger partial charge in [-0.1, -0.05) is 12.5 Å². The first-order valence-corrected chi connectivity index (χ1v) is 6.93. The number of nitro groups is 1. The van der Waals surface area contributed by atoms with Crippen molar-refractivity contribution in [3.05, 3.63) is 34.1 Å². The van der Waals surface area contributed by atoms with Crippen molar-refractivity contribution in [2.45, 2.75) is 25.3 Å². The van der Waals surface area contributed by atoms with Crippen LogP contribution in [0.3, 0.4) is 0 Å². The zero-order valence-electron chi connectivity index (χ0n) is 11.2. The third-order valence-corrected chi connectivity index (χ3v) is 4.60. The van der Waals surface area contributed by atoms with Crippen LogP contribution in [0.5, 0.6) is 0 Å². The molecule has 1 N–H and O–H groups in total. The zero-order valence-corrected chi connectivity index (χ0v) is 11.2. The molecule has 0 aromatic heterocycles. The Bertz CT molecular complexity index is 607. The summed E-state index contributed by atoms with van der Waals surface area (Å²) in [7, 11) is 0. The van der Waals surface area contributed by atoms with Crippen molar-refractivity contribution in [3.8, 4) is 0 Å². The molecule has 6 nitrogen and oxygen atoms in total. The largest absolute Gasteiger partial charge is 0.480 e. The van der Waals surface area contributed by atoms with Gasteiger partial charge in [0.05, 0.1) is 4.92 Å². The molecule has 21 heavy (non-hydrogen) atoms. The Morgan fingerprint density at radius 2 is 2.19 bits per heavy atom. The minimum Gasteiger partial charge on any atom is -0.480 e. The van der Waals surface area contributed by atoms with Crippen molar-refractivity contribution in [3.63, 3.8) is 0 Å². The molecule has 2 aliphatic rings. The molecule has 3 unspecified atom stereocenters. The lowest BCUT2D eigenvalue weighted by molar-refractivity contribution is -0.386. The summed E-state index contributed by atoms with van der Waals surface area (Å²) in [5.41, 5.74) is -0.564. The van der Waals surface area contributed by atoms with Crippen LogP contribution >= 0.6 is 0 Å². The summed E-state index contributed by atoms with van der Waals surface area (Å²) in [6, 6.07) is 3.02. The second-order valence-corrected chi connectivity index (χ2v) is 5.65. The van der Waals surface area contributed by atoms with Crippen molar-refractivity contribution < 1.29 is 19.2 Å². The molecule has 3 rings (SSSR count). The van der Waals surface area contributed by atoms with Gasteiger partial charge in [0.2, 0.25) is 5.82 Å². The van der Waals surface area contributed by atoms with Crippen molar-refractivity contribution in [2.24, 2.45) is 11.8 Å². The molecular weight excluding hydrogens is 279 g/mol. The zero-order chi connectivity index (χ0) is 15.1. The molecule has 2 fully saturated rings. The van der Waals surface area contributed by atoms with Crippen LogP contribution in [0.2, 0.25) is 0 Å². The van der Waals surface area contributed by atoms with Crippen LogP contribution in [0.25, 0.3) is 0 Å². The van der Waals surface area contributed by atoms with Gasteiger partial charge in [0, 0.05) is 6.54 Å². The highest BCUT2D eigenvalue weighted by molar-refractivity contribution is 5.81. The SMILES string of the molecule is O=C(O)C1C2CCCC2CN1c1cccc(F)c1[N+](=O)[O-]. The Hall–Kier alpha value is -2.18. The van der Waals surface area contributed by atoms with E-state index in [9.17, 15) is 24.4 Å². The van der Waals surface area contributed by atoms with Gasteiger partial charge in [0.25, 0.3) is 0 Å². The molecule has 1 aliphatic heterocycles. The average molecular weight is 294 g/mol. The van der Waals surface area contributed by atoms with Crippen LogP contribution in [-0.4, -0.2) is 28.6 Å². The van der Waals surface area contributed by atoms with E-state index in [1.54, 1.807) is 0 Å². The Kier molecular flexibility index (Phi) is 3.27. The molecule has 0 radical (unpaired) electrons. The number of hydrogen-bond donors (Lipinski definition) is 1. The lowest BCUT2D eigenvalue weighted by Gasteiger charge is -2.26. The summed E-state index contributed by atoms with van der Waals surface area (Å²) >= 11 is 0. The Balaban J connectivity index is 2.06. The lowest BCUT2D eigenvalue weighted by atomic mass is 9.94. The number of para-hydroxylation sites is 1. The summed E-state index contributed by atoms with van der Waals surface area (Å²) in [5, 5.41) is 20.6. The molecule has 0 amide bonds. The Labute approximate surface area is 120 Å². The van der Waals surface area contributed by atoms with E-state index in [-0.39, 0.29) is 17.5 Å². The number of anilines is 1. The van der Waals surface area contributed by atoms with Crippen LogP contribution in [0.4, 0.5) is 15.8 Å². The maximum absolute atomic E-state index is 13.8. The standard InChI is InChI=1S/C14H15FN2O4/c15-10-5-2-6-11(13(10)17(20)21)16-7-8-3-1-4-9(8)12(16)14(18)19/h2,5-6,8-9,12H,1,3-4,7H2,(H,18,19). The van der Waals surface area contributed by atoms with Crippen LogP contribution in [0, 0.1) is 27.8 Å². The number of halogens is 1. The minimum absolute atomic E-state index is 0.00892. The topological polar surface area (TPSA) is 83.7 Å². The number of hydrogen-bond acceptors (Lipinski definition) is 4. The quantitative estimate of drug-likeness (QED) is 0.683. The molecule has 1 heterocycles. The second-order valence-electron chi connectivity index (χ2n) is 5.65. The maximum Gasteiger partial charge on any atom is 0.327 e. The second kappa shape index (κ2) is 4.98. The number of rotatable bonds is 3. The van der Waals surface area contributed by atoms with Gasteiger partial charge in [-0.25, -0.2) is 4.79 Å². The third-order valence-electron chi connectivity index (χ3n) is 4.60. The fraction of sp³-hybridized carbons (Fsp3) is 0.500. The molecule has 0 bridgehead atoms. The maximum atomic E-state index is 13.8. The summed E-state index contributed by atoms with van der Waals surface area (Å²) in [6.45, 7) is 0.436. The van der Waals surface area contributed by atoms with Crippen molar-refractivity contribution in [1.29, 1.82) is 0 Å². The number of carboxylic acid groups (broad SMARTS) is 1. The summed E-state index contributed by atoms with van der Waals surface area (Å²) in [5.74, 6) is -1.72. The van der Waals surface area contributed by atoms with E-state index in [0.29, 0.717) is 6.54 Å². The fourth-order valence-corrected chi connectivity index (χ4v) is 3.79. The van der Waals surface area contributed by atoms with Gasteiger partial charge < -0.3 is 10.0 Å². The summed E-state index contributed by atoms with van der Waals surface area (Å²) in [4.78, 5) is 23.4. The van der Waals surface area contributed by atoms with E-state index in [4.69, 9.17) is 0 Å². The van der Waals surface area contributed by atoms with Gasteiger partial charge in [-0.2, -0.15) is 4.39 Å². The van der Waals surface area contributed by atoms with Crippen LogP contribution in [0.1, 0.15) is 19.3 Å². The van der Waals surface area contributed by atoms with Gasteiger partial charge >= 0.3 is 11.7 Å². The number of carbonyl (C=O) groups is 1. The van der Waals surface area contributed by atoms with E-state index < -0.39 is 28.4 Å². The van der Waals surface area contributed by atoms with Gasteiger partial charge in [-0.15, -0.1) is 0 Å². The fourth-order valence-electron chi connectivity index (χ4n) is 3.79. The molecular formula is C14H15FN2O4. The van der Waals surface area contributed by atoms with Crippen molar-refractivity contribution >= 4 is 17.3 Å². The van der Waals surface area contributed by atoms with E-state index in [2.05, 4.69) is 0 Å². The number of aliphatic carboxylic acids is 1. The number of nitro benzene ring substituents is 1. The minimum atomic E-state index is -0.997. The van der Waals surface area contributed by atoms with Crippen LogP contribution in [-0.2, 0) is 4.79 Å². The average Bonchev–Trinajstić information content (AvgIpc) is 2.96. The molecule has 1 saturated heterocycles. The predicted octanol–water partition coefficient (Wildman–Crippen LogP) is 2.42. The van der Waals surface area contributed by atoms with Crippen LogP contribution in [0.15, 0.2) is 18.2 Å². The van der Waals surface area contributed by atoms with E-state index in [1.165, 1.54) is 17.0 Å². The van der Waals surface area contributed by atoms with Gasteiger partial charge in [-0.3, -0.25) is 10.1 Å². The number of fused-ring (bicyclic) bond motifs is 1.